The predicted octanol–water partition coefficient (Wildman–Crippen LogP) is 5.20. The second-order valence-electron chi connectivity index (χ2n) is 14.6. The molecule has 4 aromatic carbocycles. The summed E-state index contributed by atoms with van der Waals surface area (Å²) in [5.74, 6) is 0. The molecule has 0 aromatic heterocycles. The molecule has 4 aromatic rings. The van der Waals surface area contributed by atoms with E-state index < -0.39 is 0 Å². The molecule has 304 valence electrons. The van der Waals surface area contributed by atoms with E-state index in [9.17, 15) is 0 Å². The number of fused-ring (bicyclic) bond motifs is 20. The smallest absolute Gasteiger partial charge is 0.0585 e. The Morgan fingerprint density at radius 1 is 0.233 bits per heavy atom. The lowest BCUT2D eigenvalue weighted by Crippen LogP contribution is -2.27. The van der Waals surface area contributed by atoms with Gasteiger partial charge in [0.15, 0.2) is 0 Å². The number of nitrogens with one attached hydrogen (secondary N) is 2. The minimum atomic E-state index is 0.547. The maximum absolute atomic E-state index is 4.74. The molecule has 4 aliphatic heterocycles. The van der Waals surface area contributed by atoms with Gasteiger partial charge in [0.25, 0.3) is 0 Å². The summed E-state index contributed by atoms with van der Waals surface area (Å²) in [5.41, 5.74) is 12.3. The third kappa shape index (κ3) is 14.4. The molecular weight excluding hydrogens is 745 g/mol. The zero-order valence-electron chi connectivity index (χ0n) is 34.1. The van der Waals surface area contributed by atoms with Crippen LogP contribution in [0.4, 0.5) is 0 Å². The first-order valence-corrected chi connectivity index (χ1v) is 20.7. The molecule has 0 aliphatic carbocycles. The second kappa shape index (κ2) is 23.2. The first-order chi connectivity index (χ1) is 29.7. The quantitative estimate of drug-likeness (QED) is 0.252. The summed E-state index contributed by atoms with van der Waals surface area (Å²) in [6.07, 6.45) is 19.1. The van der Waals surface area contributed by atoms with Gasteiger partial charge in [0.1, 0.15) is 0 Å². The second-order valence-corrected chi connectivity index (χ2v) is 14.6. The summed E-state index contributed by atoms with van der Waals surface area (Å²) < 4.78 is 0. The molecule has 0 amide bonds. The number of hydrogen-bond acceptors (Lipinski definition) is 12. The topological polar surface area (TPSA) is 148 Å². The van der Waals surface area contributed by atoms with E-state index >= 15 is 0 Å². The van der Waals surface area contributed by atoms with Crippen molar-refractivity contribution >= 4 is 62.1 Å². The Bertz CT molecular complexity index is 2070. The van der Waals surface area contributed by atoms with E-state index in [0.717, 1.165) is 92.9 Å². The minimum absolute atomic E-state index is 0.547. The molecule has 4 heterocycles. The summed E-state index contributed by atoms with van der Waals surface area (Å²) in [6.45, 7) is 8.65. The molecule has 60 heavy (non-hydrogen) atoms. The van der Waals surface area contributed by atoms with Crippen molar-refractivity contribution < 1.29 is 0 Å². The number of hydrogen-bond donors (Lipinski definition) is 2. The van der Waals surface area contributed by atoms with Crippen LogP contribution in [0.3, 0.4) is 0 Å². The largest absolute Gasteiger partial charge is 0.311 e. The molecule has 0 fully saturated rings. The number of nitrogens with zero attached hydrogens (tertiary/aromatic N) is 10. The van der Waals surface area contributed by atoms with Gasteiger partial charge in [0.05, 0.1) is 65.4 Å². The van der Waals surface area contributed by atoms with Crippen LogP contribution in [0.25, 0.3) is 0 Å². The molecule has 12 heteroatoms. The standard InChI is InChI=1S/C48H52N12/c1-2-50-26-38-15-41-18-42(16-38)30-54-8-10-58-34-46-20-44-22-48(24-46)36-60-12-11-59-35-47-21-43(19-45(23-47)33-57-9-7-53-29-41)31-55-5-3-51-27-39-13-37(25-49-1)14-40(17-39)28-52-4-6-56-32-44/h13-34,59-60H,1-12,35-36H2/b49-25+,50-26+,51-27+,52-28+,53-29+,54-30+,55-31+,56-32+,57-33+,58-34+. The summed E-state index contributed by atoms with van der Waals surface area (Å²) in [4.78, 5) is 47.3. The first-order valence-electron chi connectivity index (χ1n) is 20.7. The Balaban J connectivity index is 1.29. The Labute approximate surface area is 352 Å². The van der Waals surface area contributed by atoms with Crippen molar-refractivity contribution in [1.82, 2.24) is 10.6 Å². The Hall–Kier alpha value is -6.50. The van der Waals surface area contributed by atoms with E-state index in [-0.39, 0.29) is 0 Å². The van der Waals surface area contributed by atoms with E-state index in [2.05, 4.69) is 83.4 Å². The molecule has 2 N–H and O–H groups in total. The fraction of sp³-hybridized carbons (Fsp3) is 0.292. The van der Waals surface area contributed by atoms with Gasteiger partial charge >= 0.3 is 0 Å². The first kappa shape index (κ1) is 41.7. The molecular formula is C48H52N12. The molecule has 4 aliphatic rings. The van der Waals surface area contributed by atoms with Crippen LogP contribution >= 0.6 is 0 Å². The van der Waals surface area contributed by atoms with Crippen molar-refractivity contribution in [3.63, 3.8) is 0 Å². The van der Waals surface area contributed by atoms with E-state index in [1.165, 1.54) is 0 Å². The SMILES string of the molecule is C1=N/CC/N=C/c2cc3cc(c2)/C=N/CC/N=C/c2cc4cc(c2)CNCCNCc2cc(cc(c2)/C=N/CC/N=C/3)/C=N/CC/N=C/c2cc/1cc(c2)/C=N/CC/N=C/4. The molecule has 0 radical (unpaired) electrons. The van der Waals surface area contributed by atoms with Crippen LogP contribution < -0.4 is 10.6 Å². The van der Waals surface area contributed by atoms with E-state index in [4.69, 9.17) is 49.9 Å². The number of benzene rings is 4. The molecule has 0 atom stereocenters. The van der Waals surface area contributed by atoms with Crippen molar-refractivity contribution in [3.8, 4) is 0 Å². The van der Waals surface area contributed by atoms with Crippen LogP contribution in [-0.2, 0) is 13.1 Å². The van der Waals surface area contributed by atoms with Gasteiger partial charge in [0.2, 0.25) is 0 Å². The van der Waals surface area contributed by atoms with E-state index in [0.29, 0.717) is 65.4 Å². The molecule has 0 saturated heterocycles. The highest BCUT2D eigenvalue weighted by Crippen LogP contribution is 2.12. The fourth-order valence-corrected chi connectivity index (χ4v) is 6.76. The average molecular weight is 797 g/mol. The highest BCUT2D eigenvalue weighted by atomic mass is 14.9. The van der Waals surface area contributed by atoms with Gasteiger partial charge in [0, 0.05) is 88.3 Å². The van der Waals surface area contributed by atoms with Gasteiger partial charge in [-0.3, -0.25) is 49.9 Å². The maximum atomic E-state index is 4.74. The van der Waals surface area contributed by atoms with Gasteiger partial charge < -0.3 is 10.6 Å². The monoisotopic (exact) mass is 796 g/mol. The van der Waals surface area contributed by atoms with Gasteiger partial charge in [-0.05, 0) is 140 Å². The van der Waals surface area contributed by atoms with Crippen LogP contribution in [0.1, 0.15) is 66.8 Å². The summed E-state index contributed by atoms with van der Waals surface area (Å²) in [5, 5.41) is 7.22. The van der Waals surface area contributed by atoms with Crippen molar-refractivity contribution in [2.45, 2.75) is 13.1 Å². The van der Waals surface area contributed by atoms with Gasteiger partial charge in [-0.15, -0.1) is 0 Å². The molecule has 0 spiro atoms. The lowest BCUT2D eigenvalue weighted by Gasteiger charge is -2.10. The van der Waals surface area contributed by atoms with Crippen LogP contribution in [0.15, 0.2) is 123 Å². The van der Waals surface area contributed by atoms with Crippen LogP contribution in [-0.4, -0.2) is 141 Å². The van der Waals surface area contributed by atoms with Crippen molar-refractivity contribution in [2.75, 3.05) is 78.5 Å². The summed E-state index contributed by atoms with van der Waals surface area (Å²) >= 11 is 0. The lowest BCUT2D eigenvalue weighted by molar-refractivity contribution is 0.611. The zero-order valence-corrected chi connectivity index (χ0v) is 34.1. The molecule has 8 rings (SSSR count). The molecule has 12 nitrogen and oxygen atoms in total. The number of aliphatic imine (C=N–C) groups is 10. The Kier molecular flexibility index (Phi) is 16.1. The predicted molar refractivity (Wildman–Crippen MR) is 254 cm³/mol. The number of rotatable bonds is 0. The van der Waals surface area contributed by atoms with Crippen LogP contribution in [0.2, 0.25) is 0 Å². The lowest BCUT2D eigenvalue weighted by atomic mass is 10.1. The van der Waals surface area contributed by atoms with Crippen molar-refractivity contribution in [2.24, 2.45) is 49.9 Å². The molecule has 0 unspecified atom stereocenters. The Morgan fingerprint density at radius 2 is 0.400 bits per heavy atom. The fourth-order valence-electron chi connectivity index (χ4n) is 6.76. The summed E-state index contributed by atoms with van der Waals surface area (Å²) in [6, 6.07) is 25.5. The van der Waals surface area contributed by atoms with E-state index in [1.54, 1.807) is 0 Å². The summed E-state index contributed by atoms with van der Waals surface area (Å²) in [7, 11) is 0. The van der Waals surface area contributed by atoms with Crippen LogP contribution in [0.5, 0.6) is 0 Å². The maximum Gasteiger partial charge on any atom is 0.0585 e. The van der Waals surface area contributed by atoms with Gasteiger partial charge in [-0.1, -0.05) is 0 Å². The zero-order chi connectivity index (χ0) is 40.9. The third-order valence-corrected chi connectivity index (χ3v) is 9.41. The van der Waals surface area contributed by atoms with Crippen LogP contribution in [0, 0.1) is 0 Å². The Morgan fingerprint density at radius 3 is 0.583 bits per heavy atom. The van der Waals surface area contributed by atoms with Crippen molar-refractivity contribution in [1.29, 1.82) is 0 Å². The van der Waals surface area contributed by atoms with Gasteiger partial charge in [-0.2, -0.15) is 0 Å². The van der Waals surface area contributed by atoms with E-state index in [1.807, 2.05) is 62.1 Å². The minimum Gasteiger partial charge on any atom is -0.311 e. The molecule has 12 bridgehead atoms. The van der Waals surface area contributed by atoms with Gasteiger partial charge in [-0.25, -0.2) is 0 Å². The molecule has 0 saturated carbocycles. The third-order valence-electron chi connectivity index (χ3n) is 9.41. The van der Waals surface area contributed by atoms with Crippen molar-refractivity contribution in [3.05, 3.63) is 140 Å². The highest BCUT2D eigenvalue weighted by Gasteiger charge is 2.04. The average Bonchev–Trinajstić information content (AvgIpc) is 3.24. The normalized spacial score (nSPS) is 22.3. The highest BCUT2D eigenvalue weighted by molar-refractivity contribution is 5.93.